The van der Waals surface area contributed by atoms with Crippen molar-refractivity contribution >= 4 is 17.5 Å². The Kier molecular flexibility index (Phi) is 6.64. The van der Waals surface area contributed by atoms with Gasteiger partial charge in [0.1, 0.15) is 0 Å². The number of amides is 2. The largest absolute Gasteiger partial charge is 0.356 e. The van der Waals surface area contributed by atoms with Crippen molar-refractivity contribution in [2.75, 3.05) is 11.9 Å². The second kappa shape index (κ2) is 9.36. The summed E-state index contributed by atoms with van der Waals surface area (Å²) in [4.78, 5) is 24.8. The van der Waals surface area contributed by atoms with Crippen molar-refractivity contribution in [3.8, 4) is 0 Å². The third-order valence-corrected chi connectivity index (χ3v) is 5.34. The van der Waals surface area contributed by atoms with Crippen LogP contribution in [0.1, 0.15) is 36.8 Å². The average molecular weight is 364 g/mol. The Morgan fingerprint density at radius 2 is 1.44 bits per heavy atom. The lowest BCUT2D eigenvalue weighted by Gasteiger charge is -2.27. The summed E-state index contributed by atoms with van der Waals surface area (Å²) >= 11 is 0. The highest BCUT2D eigenvalue weighted by Crippen LogP contribution is 2.30. The third kappa shape index (κ3) is 5.68. The maximum atomic E-state index is 12.4. The Bertz CT molecular complexity index is 748. The van der Waals surface area contributed by atoms with Gasteiger partial charge in [0.15, 0.2) is 0 Å². The van der Waals surface area contributed by atoms with Crippen LogP contribution in [0.5, 0.6) is 0 Å². The minimum absolute atomic E-state index is 0.000304. The van der Waals surface area contributed by atoms with Gasteiger partial charge in [-0.15, -0.1) is 0 Å². The van der Waals surface area contributed by atoms with E-state index in [4.69, 9.17) is 0 Å². The molecule has 4 heteroatoms. The van der Waals surface area contributed by atoms with Crippen LogP contribution in [0.15, 0.2) is 54.6 Å². The molecule has 0 aromatic heterocycles. The SMILES string of the molecule is Cc1ccc(NC(=O)C2CCC(C(=O)NCCc3ccccc3)CC2)cc1. The molecule has 2 aromatic carbocycles. The average Bonchev–Trinajstić information content (AvgIpc) is 2.70. The van der Waals surface area contributed by atoms with Crippen LogP contribution in [-0.4, -0.2) is 18.4 Å². The smallest absolute Gasteiger partial charge is 0.227 e. The van der Waals surface area contributed by atoms with E-state index in [0.717, 1.165) is 37.8 Å². The summed E-state index contributed by atoms with van der Waals surface area (Å²) in [5, 5.41) is 6.05. The van der Waals surface area contributed by atoms with Crippen LogP contribution < -0.4 is 10.6 Å². The molecule has 2 amide bonds. The number of carbonyl (C=O) groups excluding carboxylic acids is 2. The van der Waals surface area contributed by atoms with E-state index < -0.39 is 0 Å². The Labute approximate surface area is 161 Å². The topological polar surface area (TPSA) is 58.2 Å². The van der Waals surface area contributed by atoms with Crippen LogP contribution in [0.25, 0.3) is 0 Å². The van der Waals surface area contributed by atoms with Crippen LogP contribution in [0.3, 0.4) is 0 Å². The fourth-order valence-electron chi connectivity index (χ4n) is 3.62. The molecule has 2 aromatic rings. The molecule has 1 aliphatic rings. The standard InChI is InChI=1S/C23H28N2O2/c1-17-7-13-21(14-8-17)25-23(27)20-11-9-19(10-12-20)22(26)24-16-15-18-5-3-2-4-6-18/h2-8,13-14,19-20H,9-12,15-16H2,1H3,(H,24,26)(H,25,27). The van der Waals surface area contributed by atoms with Gasteiger partial charge in [0.25, 0.3) is 0 Å². The first-order chi connectivity index (χ1) is 13.1. The monoisotopic (exact) mass is 364 g/mol. The number of carbonyl (C=O) groups is 2. The number of aryl methyl sites for hydroxylation is 1. The van der Waals surface area contributed by atoms with E-state index in [1.165, 1.54) is 11.1 Å². The van der Waals surface area contributed by atoms with Crippen molar-refractivity contribution in [2.45, 2.75) is 39.0 Å². The second-order valence-electron chi connectivity index (χ2n) is 7.43. The van der Waals surface area contributed by atoms with E-state index in [1.54, 1.807) is 0 Å². The second-order valence-corrected chi connectivity index (χ2v) is 7.43. The first-order valence-electron chi connectivity index (χ1n) is 9.81. The molecule has 1 fully saturated rings. The summed E-state index contributed by atoms with van der Waals surface area (Å²) in [7, 11) is 0. The highest BCUT2D eigenvalue weighted by atomic mass is 16.2. The molecule has 0 atom stereocenters. The van der Waals surface area contributed by atoms with Gasteiger partial charge in [-0.2, -0.15) is 0 Å². The van der Waals surface area contributed by atoms with Crippen LogP contribution in [0.4, 0.5) is 5.69 Å². The molecule has 27 heavy (non-hydrogen) atoms. The molecule has 2 N–H and O–H groups in total. The van der Waals surface area contributed by atoms with Crippen LogP contribution in [-0.2, 0) is 16.0 Å². The Morgan fingerprint density at radius 3 is 2.07 bits per heavy atom. The molecular weight excluding hydrogens is 336 g/mol. The third-order valence-electron chi connectivity index (χ3n) is 5.34. The molecule has 0 heterocycles. The summed E-state index contributed by atoms with van der Waals surface area (Å²) < 4.78 is 0. The maximum absolute atomic E-state index is 12.4. The van der Waals surface area contributed by atoms with Crippen LogP contribution in [0.2, 0.25) is 0 Å². The molecule has 0 bridgehead atoms. The molecule has 0 aliphatic heterocycles. The molecule has 1 aliphatic carbocycles. The molecule has 1 saturated carbocycles. The quantitative estimate of drug-likeness (QED) is 0.811. The zero-order valence-corrected chi connectivity index (χ0v) is 15.9. The van der Waals surface area contributed by atoms with E-state index >= 15 is 0 Å². The van der Waals surface area contributed by atoms with E-state index in [2.05, 4.69) is 22.8 Å². The fourth-order valence-corrected chi connectivity index (χ4v) is 3.62. The molecule has 0 spiro atoms. The molecular formula is C23H28N2O2. The van der Waals surface area contributed by atoms with E-state index in [-0.39, 0.29) is 23.7 Å². The lowest BCUT2D eigenvalue weighted by atomic mass is 9.81. The van der Waals surface area contributed by atoms with Gasteiger partial charge in [-0.25, -0.2) is 0 Å². The van der Waals surface area contributed by atoms with Gasteiger partial charge in [-0.05, 0) is 56.7 Å². The lowest BCUT2D eigenvalue weighted by molar-refractivity contribution is -0.128. The maximum Gasteiger partial charge on any atom is 0.227 e. The van der Waals surface area contributed by atoms with Crippen molar-refractivity contribution in [3.05, 3.63) is 65.7 Å². The summed E-state index contributed by atoms with van der Waals surface area (Å²) in [5.41, 5.74) is 3.24. The first kappa shape index (κ1) is 19.2. The van der Waals surface area contributed by atoms with Crippen molar-refractivity contribution in [2.24, 2.45) is 11.8 Å². The Hall–Kier alpha value is -2.62. The molecule has 4 nitrogen and oxygen atoms in total. The van der Waals surface area contributed by atoms with Gasteiger partial charge in [-0.1, -0.05) is 48.0 Å². The zero-order chi connectivity index (χ0) is 19.1. The van der Waals surface area contributed by atoms with Gasteiger partial charge < -0.3 is 10.6 Å². The normalized spacial score (nSPS) is 19.3. The Morgan fingerprint density at radius 1 is 0.852 bits per heavy atom. The van der Waals surface area contributed by atoms with Crippen LogP contribution >= 0.6 is 0 Å². The highest BCUT2D eigenvalue weighted by Gasteiger charge is 2.29. The molecule has 0 saturated heterocycles. The lowest BCUT2D eigenvalue weighted by Crippen LogP contribution is -2.36. The number of hydrogen-bond donors (Lipinski definition) is 2. The van der Waals surface area contributed by atoms with Gasteiger partial charge in [0, 0.05) is 24.1 Å². The molecule has 0 unspecified atom stereocenters. The summed E-state index contributed by atoms with van der Waals surface area (Å²) in [6, 6.07) is 18.0. The summed E-state index contributed by atoms with van der Waals surface area (Å²) in [6.45, 7) is 2.69. The van der Waals surface area contributed by atoms with Crippen molar-refractivity contribution in [1.82, 2.24) is 5.32 Å². The highest BCUT2D eigenvalue weighted by molar-refractivity contribution is 5.92. The van der Waals surface area contributed by atoms with Gasteiger partial charge in [0.05, 0.1) is 0 Å². The van der Waals surface area contributed by atoms with Crippen LogP contribution in [0, 0.1) is 18.8 Å². The van der Waals surface area contributed by atoms with E-state index in [9.17, 15) is 9.59 Å². The minimum Gasteiger partial charge on any atom is -0.356 e. The summed E-state index contributed by atoms with van der Waals surface area (Å²) in [5.74, 6) is 0.231. The predicted molar refractivity (Wildman–Crippen MR) is 108 cm³/mol. The zero-order valence-electron chi connectivity index (χ0n) is 15.9. The van der Waals surface area contributed by atoms with E-state index in [0.29, 0.717) is 6.54 Å². The number of benzene rings is 2. The van der Waals surface area contributed by atoms with Gasteiger partial charge >= 0.3 is 0 Å². The van der Waals surface area contributed by atoms with Crippen molar-refractivity contribution < 1.29 is 9.59 Å². The first-order valence-corrected chi connectivity index (χ1v) is 9.81. The van der Waals surface area contributed by atoms with Gasteiger partial charge in [0.2, 0.25) is 11.8 Å². The Balaban J connectivity index is 1.39. The fraction of sp³-hybridized carbons (Fsp3) is 0.391. The number of rotatable bonds is 6. The van der Waals surface area contributed by atoms with Gasteiger partial charge in [-0.3, -0.25) is 9.59 Å². The number of nitrogens with one attached hydrogen (secondary N) is 2. The predicted octanol–water partition coefficient (Wildman–Crippen LogP) is 4.10. The number of hydrogen-bond acceptors (Lipinski definition) is 2. The molecule has 0 radical (unpaired) electrons. The number of anilines is 1. The van der Waals surface area contributed by atoms with E-state index in [1.807, 2.05) is 49.4 Å². The van der Waals surface area contributed by atoms with Crippen molar-refractivity contribution in [3.63, 3.8) is 0 Å². The summed E-state index contributed by atoms with van der Waals surface area (Å²) in [6.07, 6.45) is 3.95. The molecule has 3 rings (SSSR count). The molecule has 142 valence electrons. The van der Waals surface area contributed by atoms with Crippen molar-refractivity contribution in [1.29, 1.82) is 0 Å². The minimum atomic E-state index is -0.000304.